The number of aryl methyl sites for hydroxylation is 2. The summed E-state index contributed by atoms with van der Waals surface area (Å²) in [6.45, 7) is 4.92. The number of carbonyl (C=O) groups is 1. The van der Waals surface area contributed by atoms with E-state index in [2.05, 4.69) is 42.5 Å². The second-order valence-corrected chi connectivity index (χ2v) is 5.95. The maximum atomic E-state index is 12.2. The smallest absolute Gasteiger partial charge is 0.222 e. The summed E-state index contributed by atoms with van der Waals surface area (Å²) in [5.74, 6) is 0.548. The molecule has 110 valence electrons. The van der Waals surface area contributed by atoms with Gasteiger partial charge in [-0.2, -0.15) is 5.10 Å². The molecule has 0 bridgehead atoms. The van der Waals surface area contributed by atoms with Crippen molar-refractivity contribution < 1.29 is 4.79 Å². The third-order valence-electron chi connectivity index (χ3n) is 4.19. The minimum atomic E-state index is 0.0942. The second kappa shape index (κ2) is 5.72. The maximum absolute atomic E-state index is 12.2. The van der Waals surface area contributed by atoms with Crippen molar-refractivity contribution in [3.63, 3.8) is 0 Å². The molecule has 0 aliphatic heterocycles. The number of rotatable bonds is 4. The van der Waals surface area contributed by atoms with Gasteiger partial charge >= 0.3 is 0 Å². The molecule has 2 atom stereocenters. The molecule has 1 amide bonds. The molecule has 1 aromatic carbocycles. The molecule has 4 nitrogen and oxygen atoms in total. The number of amides is 1. The Bertz CT molecular complexity index is 633. The molecule has 2 aromatic rings. The van der Waals surface area contributed by atoms with Crippen molar-refractivity contribution in [2.24, 2.45) is 5.92 Å². The summed E-state index contributed by atoms with van der Waals surface area (Å²) in [6, 6.07) is 8.56. The Labute approximate surface area is 125 Å². The summed E-state index contributed by atoms with van der Waals surface area (Å²) < 4.78 is 1.79. The highest BCUT2D eigenvalue weighted by atomic mass is 16.1. The Hall–Kier alpha value is -2.10. The van der Waals surface area contributed by atoms with Gasteiger partial charge in [0.1, 0.15) is 0 Å². The third kappa shape index (κ3) is 2.99. The van der Waals surface area contributed by atoms with Crippen LogP contribution in [0.4, 0.5) is 0 Å². The highest BCUT2D eigenvalue weighted by molar-refractivity contribution is 5.76. The Morgan fingerprint density at radius 2 is 2.33 bits per heavy atom. The van der Waals surface area contributed by atoms with Crippen molar-refractivity contribution in [3.05, 3.63) is 53.3 Å². The van der Waals surface area contributed by atoms with Crippen molar-refractivity contribution in [1.29, 1.82) is 0 Å². The van der Waals surface area contributed by atoms with Gasteiger partial charge in [-0.25, -0.2) is 0 Å². The molecule has 0 radical (unpaired) electrons. The molecule has 2 unspecified atom stereocenters. The second-order valence-electron chi connectivity index (χ2n) is 5.95. The quantitative estimate of drug-likeness (QED) is 0.937. The molecule has 0 saturated carbocycles. The first-order valence-electron chi connectivity index (χ1n) is 7.49. The van der Waals surface area contributed by atoms with Gasteiger partial charge in [-0.15, -0.1) is 0 Å². The zero-order valence-corrected chi connectivity index (χ0v) is 12.5. The first-order chi connectivity index (χ1) is 10.1. The van der Waals surface area contributed by atoms with Crippen LogP contribution in [0.1, 0.15) is 36.1 Å². The van der Waals surface area contributed by atoms with E-state index in [0.717, 1.165) is 6.42 Å². The molecule has 0 fully saturated rings. The fourth-order valence-electron chi connectivity index (χ4n) is 3.08. The van der Waals surface area contributed by atoms with Gasteiger partial charge in [-0.1, -0.05) is 30.7 Å². The summed E-state index contributed by atoms with van der Waals surface area (Å²) in [5, 5.41) is 7.31. The number of carbonyl (C=O) groups excluding carboxylic acids is 1. The van der Waals surface area contributed by atoms with Crippen LogP contribution in [-0.2, 0) is 17.8 Å². The van der Waals surface area contributed by atoms with Gasteiger partial charge < -0.3 is 5.32 Å². The summed E-state index contributed by atoms with van der Waals surface area (Å²) >= 11 is 0. The largest absolute Gasteiger partial charge is 0.349 e. The number of nitrogens with zero attached hydrogens (tertiary/aromatic N) is 2. The number of aromatic nitrogens is 2. The van der Waals surface area contributed by atoms with E-state index >= 15 is 0 Å². The van der Waals surface area contributed by atoms with Crippen LogP contribution < -0.4 is 5.32 Å². The molecule has 3 rings (SSSR count). The fourth-order valence-corrected chi connectivity index (χ4v) is 3.08. The van der Waals surface area contributed by atoms with Crippen LogP contribution >= 0.6 is 0 Å². The molecule has 0 spiro atoms. The molecule has 4 heteroatoms. The molecule has 1 heterocycles. The van der Waals surface area contributed by atoms with E-state index < -0.39 is 0 Å². The van der Waals surface area contributed by atoms with E-state index in [9.17, 15) is 4.79 Å². The lowest BCUT2D eigenvalue weighted by Gasteiger charge is -2.19. The minimum absolute atomic E-state index is 0.0942. The topological polar surface area (TPSA) is 46.9 Å². The van der Waals surface area contributed by atoms with Crippen molar-refractivity contribution >= 4 is 5.91 Å². The SMILES string of the molecule is Cc1ccc2c(c1)C(NC(=O)CCn1cccn1)C(C)C2. The lowest BCUT2D eigenvalue weighted by Crippen LogP contribution is -2.31. The molecule has 1 N–H and O–H groups in total. The predicted molar refractivity (Wildman–Crippen MR) is 81.8 cm³/mol. The van der Waals surface area contributed by atoms with Crippen LogP contribution in [0.5, 0.6) is 0 Å². The number of nitrogens with one attached hydrogen (secondary N) is 1. The maximum Gasteiger partial charge on any atom is 0.222 e. The molecule has 1 aromatic heterocycles. The van der Waals surface area contributed by atoms with E-state index in [4.69, 9.17) is 0 Å². The van der Waals surface area contributed by atoms with E-state index in [-0.39, 0.29) is 11.9 Å². The van der Waals surface area contributed by atoms with Gasteiger partial charge in [0.25, 0.3) is 0 Å². The van der Waals surface area contributed by atoms with Crippen molar-refractivity contribution in [3.8, 4) is 0 Å². The van der Waals surface area contributed by atoms with Crippen LogP contribution in [0.3, 0.4) is 0 Å². The normalized spacial score (nSPS) is 20.3. The van der Waals surface area contributed by atoms with Gasteiger partial charge in [0.2, 0.25) is 5.91 Å². The highest BCUT2D eigenvalue weighted by Gasteiger charge is 2.30. The molecule has 1 aliphatic carbocycles. The number of fused-ring (bicyclic) bond motifs is 1. The fraction of sp³-hybridized carbons (Fsp3) is 0.412. The van der Waals surface area contributed by atoms with Gasteiger partial charge in [0.15, 0.2) is 0 Å². The zero-order valence-electron chi connectivity index (χ0n) is 12.5. The van der Waals surface area contributed by atoms with Crippen molar-refractivity contribution in [2.75, 3.05) is 0 Å². The summed E-state index contributed by atoms with van der Waals surface area (Å²) in [6.07, 6.45) is 5.12. The molecule has 21 heavy (non-hydrogen) atoms. The van der Waals surface area contributed by atoms with E-state index in [1.165, 1.54) is 16.7 Å². The van der Waals surface area contributed by atoms with Crippen molar-refractivity contribution in [2.45, 2.75) is 39.3 Å². The van der Waals surface area contributed by atoms with E-state index in [1.54, 1.807) is 10.9 Å². The van der Waals surface area contributed by atoms with E-state index in [1.807, 2.05) is 12.3 Å². The van der Waals surface area contributed by atoms with Gasteiger partial charge in [0, 0.05) is 25.4 Å². The Balaban J connectivity index is 1.65. The highest BCUT2D eigenvalue weighted by Crippen LogP contribution is 2.36. The van der Waals surface area contributed by atoms with Crippen LogP contribution in [-0.4, -0.2) is 15.7 Å². The van der Waals surface area contributed by atoms with E-state index in [0.29, 0.717) is 18.9 Å². The van der Waals surface area contributed by atoms with Crippen molar-refractivity contribution in [1.82, 2.24) is 15.1 Å². The Morgan fingerprint density at radius 1 is 1.48 bits per heavy atom. The first-order valence-corrected chi connectivity index (χ1v) is 7.49. The van der Waals surface area contributed by atoms with Crippen LogP contribution in [0.25, 0.3) is 0 Å². The molecule has 0 saturated heterocycles. The predicted octanol–water partition coefficient (Wildman–Crippen LogP) is 2.63. The Morgan fingerprint density at radius 3 is 3.10 bits per heavy atom. The Kier molecular flexibility index (Phi) is 3.78. The summed E-state index contributed by atoms with van der Waals surface area (Å²) in [7, 11) is 0. The molecule has 1 aliphatic rings. The van der Waals surface area contributed by atoms with Gasteiger partial charge in [0.05, 0.1) is 6.04 Å². The summed E-state index contributed by atoms with van der Waals surface area (Å²) in [5.41, 5.74) is 3.90. The average molecular weight is 283 g/mol. The minimum Gasteiger partial charge on any atom is -0.349 e. The number of hydrogen-bond donors (Lipinski definition) is 1. The molecular formula is C17H21N3O. The number of benzene rings is 1. The van der Waals surface area contributed by atoms with Gasteiger partial charge in [-0.05, 0) is 36.5 Å². The summed E-state index contributed by atoms with van der Waals surface area (Å²) in [4.78, 5) is 12.2. The first kappa shape index (κ1) is 13.9. The third-order valence-corrected chi connectivity index (χ3v) is 4.19. The number of hydrogen-bond acceptors (Lipinski definition) is 2. The lowest BCUT2D eigenvalue weighted by atomic mass is 10.0. The monoisotopic (exact) mass is 283 g/mol. The molecular weight excluding hydrogens is 262 g/mol. The van der Waals surface area contributed by atoms with Gasteiger partial charge in [-0.3, -0.25) is 9.48 Å². The van der Waals surface area contributed by atoms with Crippen LogP contribution in [0.15, 0.2) is 36.7 Å². The van der Waals surface area contributed by atoms with Crippen LogP contribution in [0.2, 0.25) is 0 Å². The lowest BCUT2D eigenvalue weighted by molar-refractivity contribution is -0.122. The average Bonchev–Trinajstić information content (AvgIpc) is 3.06. The standard InChI is InChI=1S/C17H21N3O/c1-12-4-5-14-11-13(2)17(15(14)10-12)19-16(21)6-9-20-8-3-7-18-20/h3-5,7-8,10,13,17H,6,9,11H2,1-2H3,(H,19,21). The zero-order chi connectivity index (χ0) is 14.8. The van der Waals surface area contributed by atoms with Crippen LogP contribution in [0, 0.1) is 12.8 Å².